The van der Waals surface area contributed by atoms with Gasteiger partial charge in [0, 0.05) is 12.7 Å². The summed E-state index contributed by atoms with van der Waals surface area (Å²) in [5, 5.41) is 11.7. The highest BCUT2D eigenvalue weighted by molar-refractivity contribution is 5.86. The zero-order chi connectivity index (χ0) is 15.2. The van der Waals surface area contributed by atoms with Crippen molar-refractivity contribution in [1.82, 2.24) is 9.88 Å². The number of hydrogen-bond donors (Lipinski definition) is 2. The van der Waals surface area contributed by atoms with Crippen molar-refractivity contribution in [2.45, 2.75) is 13.1 Å². The van der Waals surface area contributed by atoms with E-state index in [-0.39, 0.29) is 18.1 Å². The van der Waals surface area contributed by atoms with E-state index in [2.05, 4.69) is 5.32 Å². The number of aromatic carboxylic acids is 1. The lowest BCUT2D eigenvalue weighted by molar-refractivity contribution is -0.121. The molecule has 21 heavy (non-hydrogen) atoms. The van der Waals surface area contributed by atoms with Gasteiger partial charge in [-0.25, -0.2) is 4.79 Å². The fourth-order valence-corrected chi connectivity index (χ4v) is 1.94. The van der Waals surface area contributed by atoms with Gasteiger partial charge in [0.15, 0.2) is 0 Å². The first-order valence-corrected chi connectivity index (χ1v) is 6.38. The second-order valence-corrected chi connectivity index (χ2v) is 4.45. The van der Waals surface area contributed by atoms with Crippen LogP contribution in [-0.4, -0.2) is 28.7 Å². The molecule has 0 saturated carbocycles. The lowest BCUT2D eigenvalue weighted by atomic mass is 10.2. The van der Waals surface area contributed by atoms with Gasteiger partial charge in [0.1, 0.15) is 18.0 Å². The average molecular weight is 288 g/mol. The molecule has 1 heterocycles. The van der Waals surface area contributed by atoms with E-state index >= 15 is 0 Å². The quantitative estimate of drug-likeness (QED) is 0.844. The van der Waals surface area contributed by atoms with E-state index in [1.54, 1.807) is 19.4 Å². The van der Waals surface area contributed by atoms with Gasteiger partial charge in [-0.2, -0.15) is 0 Å². The average Bonchev–Trinajstić information content (AvgIpc) is 2.93. The molecule has 110 valence electrons. The van der Waals surface area contributed by atoms with Crippen molar-refractivity contribution < 1.29 is 19.4 Å². The normalized spacial score (nSPS) is 10.1. The molecule has 0 bridgehead atoms. The lowest BCUT2D eigenvalue weighted by Gasteiger charge is -2.09. The Morgan fingerprint density at radius 1 is 1.29 bits per heavy atom. The van der Waals surface area contributed by atoms with Crippen LogP contribution < -0.4 is 10.1 Å². The van der Waals surface area contributed by atoms with Gasteiger partial charge in [0.25, 0.3) is 0 Å². The van der Waals surface area contributed by atoms with Crippen molar-refractivity contribution in [3.8, 4) is 5.75 Å². The Balaban J connectivity index is 1.93. The summed E-state index contributed by atoms with van der Waals surface area (Å²) in [6.45, 7) is 0.332. The predicted molar refractivity (Wildman–Crippen MR) is 76.2 cm³/mol. The van der Waals surface area contributed by atoms with Gasteiger partial charge in [-0.1, -0.05) is 12.1 Å². The molecule has 0 spiro atoms. The number of ether oxygens (including phenoxy) is 1. The SMILES string of the molecule is COc1cccc(CNC(=O)Cn2cccc2C(=O)O)c1. The van der Waals surface area contributed by atoms with E-state index in [0.29, 0.717) is 6.54 Å². The van der Waals surface area contributed by atoms with Crippen LogP contribution in [0.1, 0.15) is 16.1 Å². The van der Waals surface area contributed by atoms with Crippen LogP contribution in [-0.2, 0) is 17.9 Å². The monoisotopic (exact) mass is 288 g/mol. The molecule has 0 unspecified atom stereocenters. The van der Waals surface area contributed by atoms with Crippen LogP contribution >= 0.6 is 0 Å². The first kappa shape index (κ1) is 14.6. The third-order valence-corrected chi connectivity index (χ3v) is 2.99. The van der Waals surface area contributed by atoms with Gasteiger partial charge >= 0.3 is 5.97 Å². The van der Waals surface area contributed by atoms with Crippen molar-refractivity contribution in [3.63, 3.8) is 0 Å². The maximum absolute atomic E-state index is 11.9. The molecule has 0 saturated heterocycles. The summed E-state index contributed by atoms with van der Waals surface area (Å²) in [6.07, 6.45) is 1.56. The summed E-state index contributed by atoms with van der Waals surface area (Å²) in [4.78, 5) is 22.8. The summed E-state index contributed by atoms with van der Waals surface area (Å²) in [5.74, 6) is -0.586. The van der Waals surface area contributed by atoms with Crippen LogP contribution in [0, 0.1) is 0 Å². The zero-order valence-corrected chi connectivity index (χ0v) is 11.6. The van der Waals surface area contributed by atoms with Gasteiger partial charge in [-0.3, -0.25) is 4.79 Å². The molecular formula is C15H16N2O4. The van der Waals surface area contributed by atoms with Crippen molar-refractivity contribution >= 4 is 11.9 Å². The van der Waals surface area contributed by atoms with Crippen LogP contribution in [0.15, 0.2) is 42.6 Å². The van der Waals surface area contributed by atoms with Crippen molar-refractivity contribution in [1.29, 1.82) is 0 Å². The number of methoxy groups -OCH3 is 1. The maximum atomic E-state index is 11.9. The predicted octanol–water partition coefficient (Wildman–Crippen LogP) is 1.51. The van der Waals surface area contributed by atoms with E-state index in [9.17, 15) is 9.59 Å². The molecule has 0 fully saturated rings. The number of carboxylic acid groups (broad SMARTS) is 1. The molecule has 2 aromatic rings. The Bertz CT molecular complexity index is 649. The van der Waals surface area contributed by atoms with Crippen LogP contribution in [0.25, 0.3) is 0 Å². The molecule has 2 N–H and O–H groups in total. The standard InChI is InChI=1S/C15H16N2O4/c1-21-12-5-2-4-11(8-12)9-16-14(18)10-17-7-3-6-13(17)15(19)20/h2-8H,9-10H2,1H3,(H,16,18)(H,19,20). The molecule has 0 aliphatic carbocycles. The van der Waals surface area contributed by atoms with E-state index < -0.39 is 5.97 Å². The number of amides is 1. The maximum Gasteiger partial charge on any atom is 0.352 e. The summed E-state index contributed by atoms with van der Waals surface area (Å²) < 4.78 is 6.50. The summed E-state index contributed by atoms with van der Waals surface area (Å²) >= 11 is 0. The molecule has 1 amide bonds. The molecule has 1 aromatic carbocycles. The Kier molecular flexibility index (Phi) is 4.61. The van der Waals surface area contributed by atoms with Crippen molar-refractivity contribution in [3.05, 3.63) is 53.9 Å². The highest BCUT2D eigenvalue weighted by Gasteiger charge is 2.11. The number of carbonyl (C=O) groups is 2. The molecule has 0 radical (unpaired) electrons. The molecule has 1 aromatic heterocycles. The van der Waals surface area contributed by atoms with Gasteiger partial charge in [0.05, 0.1) is 7.11 Å². The molecule has 0 aliphatic heterocycles. The van der Waals surface area contributed by atoms with Crippen LogP contribution in [0.4, 0.5) is 0 Å². The fraction of sp³-hybridized carbons (Fsp3) is 0.200. The van der Waals surface area contributed by atoms with Crippen molar-refractivity contribution in [2.24, 2.45) is 0 Å². The second-order valence-electron chi connectivity index (χ2n) is 4.45. The third kappa shape index (κ3) is 3.85. The number of benzene rings is 1. The molecule has 0 atom stereocenters. The first-order valence-electron chi connectivity index (χ1n) is 6.38. The Hall–Kier alpha value is -2.76. The van der Waals surface area contributed by atoms with Gasteiger partial charge in [-0.05, 0) is 29.8 Å². The number of nitrogens with one attached hydrogen (secondary N) is 1. The lowest BCUT2D eigenvalue weighted by Crippen LogP contribution is -2.28. The minimum Gasteiger partial charge on any atom is -0.497 e. The van der Waals surface area contributed by atoms with Crippen LogP contribution in [0.2, 0.25) is 0 Å². The van der Waals surface area contributed by atoms with Gasteiger partial charge in [0.2, 0.25) is 5.91 Å². The number of carboxylic acids is 1. The van der Waals surface area contributed by atoms with Crippen molar-refractivity contribution in [2.75, 3.05) is 7.11 Å². The Morgan fingerprint density at radius 2 is 2.10 bits per heavy atom. The largest absolute Gasteiger partial charge is 0.497 e. The number of rotatable bonds is 6. The number of aromatic nitrogens is 1. The zero-order valence-electron chi connectivity index (χ0n) is 11.6. The topological polar surface area (TPSA) is 80.6 Å². The fourth-order valence-electron chi connectivity index (χ4n) is 1.94. The minimum absolute atomic E-state index is 0.0292. The van der Waals surface area contributed by atoms with E-state index in [4.69, 9.17) is 9.84 Å². The smallest absolute Gasteiger partial charge is 0.352 e. The van der Waals surface area contributed by atoms with Crippen LogP contribution in [0.3, 0.4) is 0 Å². The molecule has 6 heteroatoms. The van der Waals surface area contributed by atoms with Gasteiger partial charge < -0.3 is 19.7 Å². The van der Waals surface area contributed by atoms with E-state index in [1.165, 1.54) is 10.6 Å². The van der Waals surface area contributed by atoms with Gasteiger partial charge in [-0.15, -0.1) is 0 Å². The Morgan fingerprint density at radius 3 is 2.81 bits per heavy atom. The highest BCUT2D eigenvalue weighted by atomic mass is 16.5. The van der Waals surface area contributed by atoms with E-state index in [1.807, 2.05) is 24.3 Å². The summed E-state index contributed by atoms with van der Waals surface area (Å²) in [7, 11) is 1.58. The molecular weight excluding hydrogens is 272 g/mol. The molecule has 6 nitrogen and oxygen atoms in total. The Labute approximate surface area is 122 Å². The summed E-state index contributed by atoms with van der Waals surface area (Å²) in [6, 6.07) is 10.4. The summed E-state index contributed by atoms with van der Waals surface area (Å²) in [5.41, 5.74) is 1.00. The molecule has 2 rings (SSSR count). The number of hydrogen-bond acceptors (Lipinski definition) is 3. The van der Waals surface area contributed by atoms with E-state index in [0.717, 1.165) is 11.3 Å². The number of carbonyl (C=O) groups excluding carboxylic acids is 1. The highest BCUT2D eigenvalue weighted by Crippen LogP contribution is 2.12. The van der Waals surface area contributed by atoms with Crippen LogP contribution in [0.5, 0.6) is 5.75 Å². The third-order valence-electron chi connectivity index (χ3n) is 2.99. The second kappa shape index (κ2) is 6.60. The minimum atomic E-state index is -1.06. The first-order chi connectivity index (χ1) is 10.1. The molecule has 0 aliphatic rings. The number of nitrogens with zero attached hydrogens (tertiary/aromatic N) is 1.